The monoisotopic (exact) mass is 388 g/mol. The first-order valence-electron chi connectivity index (χ1n) is 7.27. The summed E-state index contributed by atoms with van der Waals surface area (Å²) in [5.41, 5.74) is 0.815. The van der Waals surface area contributed by atoms with Crippen LogP contribution in [0.5, 0.6) is 0 Å². The van der Waals surface area contributed by atoms with Gasteiger partial charge in [-0.05, 0) is 12.3 Å². The summed E-state index contributed by atoms with van der Waals surface area (Å²) < 4.78 is 28.5. The number of anilines is 1. The van der Waals surface area contributed by atoms with Crippen LogP contribution >= 0.6 is 23.1 Å². The molecule has 1 aliphatic rings. The lowest BCUT2D eigenvalue weighted by Gasteiger charge is -2.01. The topological polar surface area (TPSA) is 115 Å². The molecule has 0 spiro atoms. The van der Waals surface area contributed by atoms with Gasteiger partial charge in [0.1, 0.15) is 0 Å². The molecule has 0 unspecified atom stereocenters. The Morgan fingerprint density at radius 1 is 1.50 bits per heavy atom. The van der Waals surface area contributed by atoms with E-state index in [4.69, 9.17) is 4.42 Å². The lowest BCUT2D eigenvalue weighted by Crippen LogP contribution is -2.07. The first-order chi connectivity index (χ1) is 11.4. The predicted octanol–water partition coefficient (Wildman–Crippen LogP) is 1.75. The third kappa shape index (κ3) is 4.77. The zero-order valence-corrected chi connectivity index (χ0v) is 15.3. The van der Waals surface area contributed by atoms with Gasteiger partial charge in [-0.1, -0.05) is 11.8 Å². The van der Waals surface area contributed by atoms with E-state index in [2.05, 4.69) is 20.5 Å². The minimum Gasteiger partial charge on any atom is -0.416 e. The molecule has 0 radical (unpaired) electrons. The van der Waals surface area contributed by atoms with Gasteiger partial charge in [0.05, 0.1) is 17.2 Å². The molecule has 1 fully saturated rings. The first-order valence-corrected chi connectivity index (χ1v) is 11.0. The van der Waals surface area contributed by atoms with Crippen molar-refractivity contribution in [3.63, 3.8) is 0 Å². The maximum atomic E-state index is 11.5. The SMILES string of the molecule is CC(=O)Nc1nc(CSc2nnc(C[C@H]3CCS(=O)(=O)C3)o2)cs1. The van der Waals surface area contributed by atoms with Crippen LogP contribution in [0.4, 0.5) is 5.13 Å². The fourth-order valence-corrected chi connectivity index (χ4v) is 5.77. The third-order valence-electron chi connectivity index (χ3n) is 3.42. The Morgan fingerprint density at radius 2 is 2.33 bits per heavy atom. The number of nitrogens with zero attached hydrogens (tertiary/aromatic N) is 3. The van der Waals surface area contributed by atoms with Gasteiger partial charge in [0.25, 0.3) is 5.22 Å². The van der Waals surface area contributed by atoms with Crippen molar-refractivity contribution in [1.29, 1.82) is 0 Å². The van der Waals surface area contributed by atoms with E-state index in [1.54, 1.807) is 0 Å². The molecule has 130 valence electrons. The molecule has 2 aromatic heterocycles. The lowest BCUT2D eigenvalue weighted by molar-refractivity contribution is -0.114. The molecule has 1 saturated heterocycles. The average molecular weight is 388 g/mol. The Labute approximate surface area is 147 Å². The fourth-order valence-electron chi connectivity index (χ4n) is 2.38. The van der Waals surface area contributed by atoms with E-state index in [1.807, 2.05) is 5.38 Å². The van der Waals surface area contributed by atoms with Crippen LogP contribution in [0.1, 0.15) is 24.9 Å². The van der Waals surface area contributed by atoms with E-state index < -0.39 is 9.84 Å². The Bertz CT molecular complexity index is 830. The highest BCUT2D eigenvalue weighted by molar-refractivity contribution is 7.98. The quantitative estimate of drug-likeness (QED) is 0.744. The number of carbonyl (C=O) groups excluding carboxylic acids is 1. The normalized spacial score (nSPS) is 19.5. The molecule has 0 aromatic carbocycles. The summed E-state index contributed by atoms with van der Waals surface area (Å²) in [5.74, 6) is 1.37. The summed E-state index contributed by atoms with van der Waals surface area (Å²) in [7, 11) is -2.89. The number of aromatic nitrogens is 3. The Hall–Kier alpha value is -1.46. The van der Waals surface area contributed by atoms with Crippen molar-refractivity contribution in [1.82, 2.24) is 15.2 Å². The zero-order valence-electron chi connectivity index (χ0n) is 12.9. The number of sulfone groups is 1. The molecule has 0 saturated carbocycles. The number of amides is 1. The van der Waals surface area contributed by atoms with Gasteiger partial charge in [0, 0.05) is 24.5 Å². The number of thioether (sulfide) groups is 1. The molecular weight excluding hydrogens is 372 g/mol. The van der Waals surface area contributed by atoms with Gasteiger partial charge in [0.15, 0.2) is 15.0 Å². The number of hydrogen-bond acceptors (Lipinski definition) is 9. The summed E-state index contributed by atoms with van der Waals surface area (Å²) in [6.45, 7) is 1.44. The minimum atomic E-state index is -2.89. The largest absolute Gasteiger partial charge is 0.416 e. The van der Waals surface area contributed by atoms with E-state index >= 15 is 0 Å². The summed E-state index contributed by atoms with van der Waals surface area (Å²) in [5, 5.41) is 13.4. The summed E-state index contributed by atoms with van der Waals surface area (Å²) in [6.07, 6.45) is 1.15. The molecule has 11 heteroatoms. The molecule has 1 aliphatic heterocycles. The Kier molecular flexibility index (Phi) is 5.21. The third-order valence-corrected chi connectivity index (χ3v) is 6.91. The maximum Gasteiger partial charge on any atom is 0.276 e. The second-order valence-corrected chi connectivity index (χ2v) is 9.56. The van der Waals surface area contributed by atoms with Crippen LogP contribution in [0.25, 0.3) is 0 Å². The van der Waals surface area contributed by atoms with Gasteiger partial charge >= 0.3 is 0 Å². The summed E-state index contributed by atoms with van der Waals surface area (Å²) >= 11 is 2.72. The molecule has 24 heavy (non-hydrogen) atoms. The maximum absolute atomic E-state index is 11.5. The van der Waals surface area contributed by atoms with Crippen LogP contribution in [-0.4, -0.2) is 41.0 Å². The molecule has 1 amide bonds. The highest BCUT2D eigenvalue weighted by Crippen LogP contribution is 2.26. The molecule has 3 rings (SSSR count). The van der Waals surface area contributed by atoms with Crippen LogP contribution < -0.4 is 5.32 Å². The molecule has 2 aromatic rings. The van der Waals surface area contributed by atoms with Crippen LogP contribution in [0.3, 0.4) is 0 Å². The highest BCUT2D eigenvalue weighted by Gasteiger charge is 2.29. The Balaban J connectivity index is 1.51. The zero-order chi connectivity index (χ0) is 17.2. The van der Waals surface area contributed by atoms with E-state index in [1.165, 1.54) is 30.0 Å². The van der Waals surface area contributed by atoms with Crippen LogP contribution in [0.15, 0.2) is 15.0 Å². The molecular formula is C13H16N4O4S3. The van der Waals surface area contributed by atoms with E-state index in [-0.39, 0.29) is 23.3 Å². The summed E-state index contributed by atoms with van der Waals surface area (Å²) in [4.78, 5) is 15.2. The second-order valence-electron chi connectivity index (χ2n) is 5.55. The highest BCUT2D eigenvalue weighted by atomic mass is 32.2. The molecule has 1 atom stereocenters. The van der Waals surface area contributed by atoms with Crippen molar-refractivity contribution in [3.05, 3.63) is 17.0 Å². The molecule has 0 aliphatic carbocycles. The fraction of sp³-hybridized carbons (Fsp3) is 0.538. The van der Waals surface area contributed by atoms with Crippen LogP contribution in [-0.2, 0) is 26.8 Å². The average Bonchev–Trinajstić information content (AvgIpc) is 3.18. The van der Waals surface area contributed by atoms with E-state index in [9.17, 15) is 13.2 Å². The van der Waals surface area contributed by atoms with Crippen molar-refractivity contribution in [2.75, 3.05) is 16.8 Å². The van der Waals surface area contributed by atoms with Gasteiger partial charge in [-0.25, -0.2) is 13.4 Å². The molecule has 1 N–H and O–H groups in total. The van der Waals surface area contributed by atoms with Crippen molar-refractivity contribution in [3.8, 4) is 0 Å². The van der Waals surface area contributed by atoms with Crippen molar-refractivity contribution in [2.45, 2.75) is 30.7 Å². The van der Waals surface area contributed by atoms with Gasteiger partial charge < -0.3 is 9.73 Å². The van der Waals surface area contributed by atoms with Crippen LogP contribution in [0.2, 0.25) is 0 Å². The number of thiazole rings is 1. The van der Waals surface area contributed by atoms with E-state index in [0.29, 0.717) is 34.8 Å². The van der Waals surface area contributed by atoms with E-state index in [0.717, 1.165) is 5.69 Å². The van der Waals surface area contributed by atoms with Gasteiger partial charge in [-0.3, -0.25) is 4.79 Å². The van der Waals surface area contributed by atoms with Crippen LogP contribution in [0, 0.1) is 5.92 Å². The smallest absolute Gasteiger partial charge is 0.276 e. The Morgan fingerprint density at radius 3 is 3.04 bits per heavy atom. The summed E-state index contributed by atoms with van der Waals surface area (Å²) in [6, 6.07) is 0. The molecule has 3 heterocycles. The van der Waals surface area contributed by atoms with Crippen molar-refractivity contribution in [2.24, 2.45) is 5.92 Å². The number of hydrogen-bond donors (Lipinski definition) is 1. The number of rotatable bonds is 6. The van der Waals surface area contributed by atoms with Gasteiger partial charge in [-0.15, -0.1) is 21.5 Å². The molecule has 8 nitrogen and oxygen atoms in total. The van der Waals surface area contributed by atoms with Crippen molar-refractivity contribution >= 4 is 44.0 Å². The van der Waals surface area contributed by atoms with Crippen molar-refractivity contribution < 1.29 is 17.6 Å². The van der Waals surface area contributed by atoms with Gasteiger partial charge in [-0.2, -0.15) is 0 Å². The second kappa shape index (κ2) is 7.19. The first kappa shape index (κ1) is 17.4. The molecule has 0 bridgehead atoms. The van der Waals surface area contributed by atoms with Gasteiger partial charge in [0.2, 0.25) is 11.8 Å². The standard InChI is InChI=1S/C13H16N4O4S3/c1-8(18)14-12-15-10(5-22-12)6-23-13-17-16-11(21-13)4-9-2-3-24(19,20)7-9/h5,9H,2-4,6-7H2,1H3,(H,14,15,18)/t9-/m1/s1. The lowest BCUT2D eigenvalue weighted by atomic mass is 10.1. The number of nitrogens with one attached hydrogen (secondary N) is 1. The number of carbonyl (C=O) groups is 1. The minimum absolute atomic E-state index is 0.0621. The predicted molar refractivity (Wildman–Crippen MR) is 90.7 cm³/mol.